The minimum atomic E-state index is -0.508. The summed E-state index contributed by atoms with van der Waals surface area (Å²) in [4.78, 5) is 2.45. The molecule has 0 amide bonds. The first kappa shape index (κ1) is 36.7. The number of para-hydroxylation sites is 2. The predicted octanol–water partition coefficient (Wildman–Crippen LogP) is 16.7. The predicted molar refractivity (Wildman–Crippen MR) is 271 cm³/mol. The molecule has 0 aliphatic heterocycles. The van der Waals surface area contributed by atoms with Gasteiger partial charge in [0, 0.05) is 48.0 Å². The molecule has 0 spiro atoms. The fourth-order valence-electron chi connectivity index (χ4n) is 10.8. The van der Waals surface area contributed by atoms with E-state index in [2.05, 4.69) is 252 Å². The normalized spacial score (nSPS) is 12.8. The molecule has 2 heterocycles. The second kappa shape index (κ2) is 14.6. The van der Waals surface area contributed by atoms with Crippen molar-refractivity contribution in [2.24, 2.45) is 0 Å². The van der Waals surface area contributed by atoms with Crippen LogP contribution in [0.5, 0.6) is 0 Å². The Bertz CT molecular complexity index is 3620. The molecule has 0 N–H and O–H groups in total. The Labute approximate surface area is 376 Å². The molecule has 0 unspecified atom stereocenters. The topological polar surface area (TPSA) is 8.17 Å². The maximum absolute atomic E-state index is 2.47. The van der Waals surface area contributed by atoms with E-state index in [-0.39, 0.29) is 0 Å². The van der Waals surface area contributed by atoms with Crippen LogP contribution in [0.25, 0.3) is 69.9 Å². The Morgan fingerprint density at radius 3 is 1.61 bits per heavy atom. The largest absolute Gasteiger partial charge is 0.310 e. The summed E-state index contributed by atoms with van der Waals surface area (Å²) < 4.78 is 4.99. The monoisotopic (exact) mass is 832 g/mol. The van der Waals surface area contributed by atoms with Crippen LogP contribution in [0.15, 0.2) is 243 Å². The number of anilines is 3. The van der Waals surface area contributed by atoms with Gasteiger partial charge in [0.15, 0.2) is 0 Å². The average molecular weight is 833 g/mol. The van der Waals surface area contributed by atoms with Crippen LogP contribution in [-0.4, -0.2) is 4.57 Å². The first-order valence-electron chi connectivity index (χ1n) is 22.0. The fraction of sp³-hybridized carbons (Fsp3) is 0.0164. The van der Waals surface area contributed by atoms with Crippen molar-refractivity contribution < 1.29 is 0 Å². The van der Waals surface area contributed by atoms with Crippen LogP contribution in [0, 0.1) is 0 Å². The molecule has 0 saturated carbocycles. The lowest BCUT2D eigenvalue weighted by molar-refractivity contribution is 0.768. The summed E-state index contributed by atoms with van der Waals surface area (Å²) in [5.74, 6) is 0. The molecule has 64 heavy (non-hydrogen) atoms. The van der Waals surface area contributed by atoms with Crippen LogP contribution < -0.4 is 4.90 Å². The highest BCUT2D eigenvalue weighted by atomic mass is 32.1. The van der Waals surface area contributed by atoms with E-state index < -0.39 is 5.41 Å². The lowest BCUT2D eigenvalue weighted by atomic mass is 9.67. The third-order valence-corrected chi connectivity index (χ3v) is 14.6. The van der Waals surface area contributed by atoms with E-state index in [0.29, 0.717) is 0 Å². The number of aromatic nitrogens is 1. The summed E-state index contributed by atoms with van der Waals surface area (Å²) in [5.41, 5.74) is 16.5. The van der Waals surface area contributed by atoms with Gasteiger partial charge in [0.05, 0.1) is 22.1 Å². The third-order valence-electron chi connectivity index (χ3n) is 13.5. The summed E-state index contributed by atoms with van der Waals surface area (Å²) in [7, 11) is 0. The summed E-state index contributed by atoms with van der Waals surface area (Å²) in [6, 6.07) is 89.5. The Hall–Kier alpha value is -7.98. The van der Waals surface area contributed by atoms with Crippen LogP contribution >= 0.6 is 11.3 Å². The zero-order valence-electron chi connectivity index (χ0n) is 34.9. The Kier molecular flexibility index (Phi) is 8.34. The van der Waals surface area contributed by atoms with Crippen LogP contribution in [0.1, 0.15) is 22.3 Å². The van der Waals surface area contributed by atoms with Crippen LogP contribution in [-0.2, 0) is 5.41 Å². The first-order chi connectivity index (χ1) is 31.8. The van der Waals surface area contributed by atoms with Gasteiger partial charge in [0.1, 0.15) is 0 Å². The molecule has 3 heteroatoms. The zero-order valence-corrected chi connectivity index (χ0v) is 35.7. The van der Waals surface area contributed by atoms with Crippen molar-refractivity contribution in [3.63, 3.8) is 0 Å². The summed E-state index contributed by atoms with van der Waals surface area (Å²) in [6.45, 7) is 0. The molecule has 0 atom stereocenters. The maximum Gasteiger partial charge on any atom is 0.0714 e. The number of fused-ring (bicyclic) bond motifs is 9. The SMILES string of the molecule is c1ccc(-c2ccc(N(c3ccc4c(c3)C(c3ccccc3)(c3ccccc3)c3ccccc3-4)c3ccc4c(c3)sc3cccc(-n5c6ccccc6c6ccccc65)c34)cc2)cc1. The van der Waals surface area contributed by atoms with E-state index in [1.165, 1.54) is 92.2 Å². The van der Waals surface area contributed by atoms with Crippen molar-refractivity contribution in [2.45, 2.75) is 5.41 Å². The number of thiophene rings is 1. The van der Waals surface area contributed by atoms with Gasteiger partial charge in [-0.05, 0) is 105 Å². The number of hydrogen-bond donors (Lipinski definition) is 0. The molecule has 13 rings (SSSR count). The highest BCUT2D eigenvalue weighted by Gasteiger charge is 2.46. The summed E-state index contributed by atoms with van der Waals surface area (Å²) in [5, 5.41) is 5.08. The molecule has 1 aliphatic rings. The van der Waals surface area contributed by atoms with Gasteiger partial charge in [-0.1, -0.05) is 182 Å². The molecule has 12 aromatic rings. The number of hydrogen-bond acceptors (Lipinski definition) is 2. The van der Waals surface area contributed by atoms with E-state index in [1.807, 2.05) is 11.3 Å². The van der Waals surface area contributed by atoms with Crippen molar-refractivity contribution in [3.8, 4) is 27.9 Å². The average Bonchev–Trinajstić information content (AvgIpc) is 4.01. The molecule has 10 aromatic carbocycles. The standard InChI is InChI=1S/C61H40N2S/c1-4-17-41(18-5-1)42-31-33-45(34-32-42)62(46-35-37-49-48-23-10-13-26-53(48)61(54(49)39-46,43-19-6-2-7-20-43)44-21-8-3-9-22-44)47-36-38-52-59(40-47)64-58-30-16-29-57(60(52)58)63-55-27-14-11-24-50(55)51-25-12-15-28-56(51)63/h1-40H. The van der Waals surface area contributed by atoms with Gasteiger partial charge in [-0.2, -0.15) is 0 Å². The molecule has 1 aliphatic carbocycles. The van der Waals surface area contributed by atoms with Crippen LogP contribution in [0.2, 0.25) is 0 Å². The first-order valence-corrected chi connectivity index (χ1v) is 22.8. The van der Waals surface area contributed by atoms with Crippen molar-refractivity contribution >= 4 is 70.4 Å². The molecular weight excluding hydrogens is 793 g/mol. The van der Waals surface area contributed by atoms with E-state index in [9.17, 15) is 0 Å². The summed E-state index contributed by atoms with van der Waals surface area (Å²) in [6.07, 6.45) is 0. The number of benzene rings is 10. The molecular formula is C61H40N2S. The van der Waals surface area contributed by atoms with Crippen molar-refractivity contribution in [2.75, 3.05) is 4.90 Å². The maximum atomic E-state index is 2.47. The van der Waals surface area contributed by atoms with Gasteiger partial charge in [-0.15, -0.1) is 11.3 Å². The lowest BCUT2D eigenvalue weighted by Gasteiger charge is -2.35. The Morgan fingerprint density at radius 2 is 0.906 bits per heavy atom. The molecule has 300 valence electrons. The third kappa shape index (κ3) is 5.44. The smallest absolute Gasteiger partial charge is 0.0714 e. The Morgan fingerprint density at radius 1 is 0.359 bits per heavy atom. The second-order valence-corrected chi connectivity index (χ2v) is 17.9. The van der Waals surface area contributed by atoms with Gasteiger partial charge in [0.25, 0.3) is 0 Å². The van der Waals surface area contributed by atoms with Gasteiger partial charge in [0.2, 0.25) is 0 Å². The molecule has 0 bridgehead atoms. The van der Waals surface area contributed by atoms with Crippen LogP contribution in [0.4, 0.5) is 17.1 Å². The molecule has 2 nitrogen and oxygen atoms in total. The summed E-state index contributed by atoms with van der Waals surface area (Å²) >= 11 is 1.87. The van der Waals surface area contributed by atoms with Gasteiger partial charge < -0.3 is 9.47 Å². The van der Waals surface area contributed by atoms with Crippen molar-refractivity contribution in [3.05, 3.63) is 265 Å². The zero-order chi connectivity index (χ0) is 42.2. The van der Waals surface area contributed by atoms with E-state index in [4.69, 9.17) is 0 Å². The molecule has 2 aromatic heterocycles. The number of rotatable bonds is 7. The minimum absolute atomic E-state index is 0.508. The fourth-order valence-corrected chi connectivity index (χ4v) is 11.9. The Balaban J connectivity index is 1.03. The van der Waals surface area contributed by atoms with E-state index >= 15 is 0 Å². The van der Waals surface area contributed by atoms with E-state index in [0.717, 1.165) is 17.1 Å². The van der Waals surface area contributed by atoms with Crippen LogP contribution in [0.3, 0.4) is 0 Å². The molecule has 0 saturated heterocycles. The van der Waals surface area contributed by atoms with E-state index in [1.54, 1.807) is 0 Å². The highest BCUT2D eigenvalue weighted by molar-refractivity contribution is 7.26. The quantitative estimate of drug-likeness (QED) is 0.155. The number of nitrogens with zero attached hydrogens (tertiary/aromatic N) is 2. The van der Waals surface area contributed by atoms with Crippen molar-refractivity contribution in [1.29, 1.82) is 0 Å². The van der Waals surface area contributed by atoms with Crippen molar-refractivity contribution in [1.82, 2.24) is 4.57 Å². The molecule has 0 radical (unpaired) electrons. The van der Waals surface area contributed by atoms with Gasteiger partial charge in [-0.3, -0.25) is 0 Å². The van der Waals surface area contributed by atoms with Gasteiger partial charge >= 0.3 is 0 Å². The molecule has 0 fully saturated rings. The highest BCUT2D eigenvalue weighted by Crippen LogP contribution is 2.57. The lowest BCUT2D eigenvalue weighted by Crippen LogP contribution is -2.28. The van der Waals surface area contributed by atoms with Gasteiger partial charge in [-0.25, -0.2) is 0 Å². The second-order valence-electron chi connectivity index (χ2n) is 16.8. The minimum Gasteiger partial charge on any atom is -0.310 e.